The number of carbonyl (C=O) groups excluding carboxylic acids is 1. The zero-order valence-electron chi connectivity index (χ0n) is 13.5. The fourth-order valence-corrected chi connectivity index (χ4v) is 2.94. The topological polar surface area (TPSA) is 46.8 Å². The van der Waals surface area contributed by atoms with Crippen molar-refractivity contribution in [3.63, 3.8) is 0 Å². The van der Waals surface area contributed by atoms with Crippen LogP contribution in [0.5, 0.6) is 0 Å². The van der Waals surface area contributed by atoms with Crippen LogP contribution in [0.3, 0.4) is 0 Å². The minimum atomic E-state index is -0.463. The standard InChI is InChI=1S/C17H20BrN3O2/c1-17(2,3)23-16(22)20-7-4-12(5-8-20)14-11-19-21-9-6-13(18)10-15(14)21/h4,6,9-11H,5,7-8H2,1-3H3. The number of ether oxygens (including phenoxy) is 1. The third-order valence-electron chi connectivity index (χ3n) is 3.69. The molecule has 0 bridgehead atoms. The van der Waals surface area contributed by atoms with Gasteiger partial charge >= 0.3 is 6.09 Å². The lowest BCUT2D eigenvalue weighted by Crippen LogP contribution is -2.39. The lowest BCUT2D eigenvalue weighted by Gasteiger charge is -2.29. The second kappa shape index (κ2) is 6.00. The highest BCUT2D eigenvalue weighted by atomic mass is 79.9. The van der Waals surface area contributed by atoms with Gasteiger partial charge in [-0.2, -0.15) is 5.10 Å². The minimum absolute atomic E-state index is 0.254. The Balaban J connectivity index is 1.78. The summed E-state index contributed by atoms with van der Waals surface area (Å²) >= 11 is 3.50. The van der Waals surface area contributed by atoms with Gasteiger partial charge in [-0.25, -0.2) is 9.31 Å². The molecule has 23 heavy (non-hydrogen) atoms. The molecule has 0 spiro atoms. The molecule has 1 aliphatic rings. The van der Waals surface area contributed by atoms with Gasteiger partial charge in [0.1, 0.15) is 5.60 Å². The van der Waals surface area contributed by atoms with Crippen LogP contribution in [0.1, 0.15) is 32.8 Å². The number of pyridine rings is 1. The van der Waals surface area contributed by atoms with E-state index in [1.807, 2.05) is 43.7 Å². The van der Waals surface area contributed by atoms with Crippen molar-refractivity contribution in [2.75, 3.05) is 13.1 Å². The summed E-state index contributed by atoms with van der Waals surface area (Å²) in [5, 5.41) is 4.39. The molecule has 0 saturated carbocycles. The molecule has 6 heteroatoms. The average molecular weight is 378 g/mol. The van der Waals surface area contributed by atoms with Crippen molar-refractivity contribution >= 4 is 33.1 Å². The summed E-state index contributed by atoms with van der Waals surface area (Å²) in [6.45, 7) is 6.87. The maximum atomic E-state index is 12.1. The van der Waals surface area contributed by atoms with E-state index in [4.69, 9.17) is 4.74 Å². The van der Waals surface area contributed by atoms with E-state index in [-0.39, 0.29) is 6.09 Å². The normalized spacial score (nSPS) is 15.7. The summed E-state index contributed by atoms with van der Waals surface area (Å²) in [4.78, 5) is 13.8. The number of fused-ring (bicyclic) bond motifs is 1. The predicted octanol–water partition coefficient (Wildman–Crippen LogP) is 4.12. The van der Waals surface area contributed by atoms with E-state index in [0.717, 1.165) is 22.0 Å². The molecule has 0 unspecified atom stereocenters. The van der Waals surface area contributed by atoms with Crippen LogP contribution in [0.4, 0.5) is 4.79 Å². The highest BCUT2D eigenvalue weighted by Crippen LogP contribution is 2.28. The maximum Gasteiger partial charge on any atom is 0.410 e. The lowest BCUT2D eigenvalue weighted by atomic mass is 10.0. The molecule has 2 aromatic rings. The quantitative estimate of drug-likeness (QED) is 0.750. The minimum Gasteiger partial charge on any atom is -0.444 e. The molecule has 3 rings (SSSR count). The van der Waals surface area contributed by atoms with Crippen LogP contribution in [0, 0.1) is 0 Å². The van der Waals surface area contributed by atoms with Crippen LogP contribution in [0.2, 0.25) is 0 Å². The average Bonchev–Trinajstić information content (AvgIpc) is 2.88. The molecule has 0 fully saturated rings. The number of nitrogens with zero attached hydrogens (tertiary/aromatic N) is 3. The molecule has 0 N–H and O–H groups in total. The van der Waals surface area contributed by atoms with Crippen LogP contribution >= 0.6 is 15.9 Å². The van der Waals surface area contributed by atoms with Gasteiger partial charge in [-0.15, -0.1) is 0 Å². The highest BCUT2D eigenvalue weighted by Gasteiger charge is 2.24. The fourth-order valence-electron chi connectivity index (χ4n) is 2.61. The lowest BCUT2D eigenvalue weighted by molar-refractivity contribution is 0.0270. The van der Waals surface area contributed by atoms with E-state index in [9.17, 15) is 4.79 Å². The van der Waals surface area contributed by atoms with Crippen LogP contribution in [-0.2, 0) is 4.74 Å². The summed E-state index contributed by atoms with van der Waals surface area (Å²) in [5.74, 6) is 0. The zero-order chi connectivity index (χ0) is 16.6. The van der Waals surface area contributed by atoms with Crippen LogP contribution in [0.25, 0.3) is 11.1 Å². The molecule has 0 atom stereocenters. The first kappa shape index (κ1) is 16.1. The Bertz CT molecular complexity index is 774. The van der Waals surface area contributed by atoms with E-state index in [1.54, 1.807) is 4.90 Å². The first-order valence-electron chi connectivity index (χ1n) is 7.64. The van der Waals surface area contributed by atoms with E-state index in [1.165, 1.54) is 5.57 Å². The van der Waals surface area contributed by atoms with Gasteiger partial charge in [-0.1, -0.05) is 22.0 Å². The van der Waals surface area contributed by atoms with Gasteiger partial charge in [0.25, 0.3) is 0 Å². The summed E-state index contributed by atoms with van der Waals surface area (Å²) in [6.07, 6.45) is 6.45. The van der Waals surface area contributed by atoms with Crippen molar-refractivity contribution in [1.82, 2.24) is 14.5 Å². The van der Waals surface area contributed by atoms with Gasteiger partial charge in [0.2, 0.25) is 0 Å². The third kappa shape index (κ3) is 3.58. The molecule has 2 aromatic heterocycles. The summed E-state index contributed by atoms with van der Waals surface area (Å²) < 4.78 is 8.31. The molecule has 1 aliphatic heterocycles. The van der Waals surface area contributed by atoms with E-state index < -0.39 is 5.60 Å². The van der Waals surface area contributed by atoms with Gasteiger partial charge in [-0.05, 0) is 44.9 Å². The summed E-state index contributed by atoms with van der Waals surface area (Å²) in [7, 11) is 0. The number of carbonyl (C=O) groups is 1. The monoisotopic (exact) mass is 377 g/mol. The van der Waals surface area contributed by atoms with Crippen molar-refractivity contribution in [3.05, 3.63) is 40.6 Å². The summed E-state index contributed by atoms with van der Waals surface area (Å²) in [5.41, 5.74) is 2.94. The molecule has 1 amide bonds. The third-order valence-corrected chi connectivity index (χ3v) is 4.18. The van der Waals surface area contributed by atoms with Gasteiger partial charge < -0.3 is 9.64 Å². The van der Waals surface area contributed by atoms with Crippen molar-refractivity contribution in [2.45, 2.75) is 32.8 Å². The van der Waals surface area contributed by atoms with E-state index >= 15 is 0 Å². The SMILES string of the molecule is CC(C)(C)OC(=O)N1CC=C(c2cnn3ccc(Br)cc23)CC1. The molecule has 0 radical (unpaired) electrons. The van der Waals surface area contributed by atoms with E-state index in [2.05, 4.69) is 33.2 Å². The number of amides is 1. The number of hydrogen-bond acceptors (Lipinski definition) is 3. The van der Waals surface area contributed by atoms with Gasteiger partial charge in [0, 0.05) is 29.3 Å². The first-order chi connectivity index (χ1) is 10.8. The Morgan fingerprint density at radius 3 is 2.83 bits per heavy atom. The molecule has 0 saturated heterocycles. The predicted molar refractivity (Wildman–Crippen MR) is 93.3 cm³/mol. The molecular weight excluding hydrogens is 358 g/mol. The van der Waals surface area contributed by atoms with Crippen molar-refractivity contribution in [3.8, 4) is 0 Å². The van der Waals surface area contributed by atoms with E-state index in [0.29, 0.717) is 13.1 Å². The second-order valence-electron chi connectivity index (χ2n) is 6.64. The molecule has 0 aliphatic carbocycles. The molecular formula is C17H20BrN3O2. The van der Waals surface area contributed by atoms with Gasteiger partial charge in [0.15, 0.2) is 0 Å². The largest absolute Gasteiger partial charge is 0.444 e. The smallest absolute Gasteiger partial charge is 0.410 e. The molecule has 0 aromatic carbocycles. The Hall–Kier alpha value is -1.82. The van der Waals surface area contributed by atoms with Crippen LogP contribution < -0.4 is 0 Å². The summed E-state index contributed by atoms with van der Waals surface area (Å²) in [6, 6.07) is 4.02. The number of hydrogen-bond donors (Lipinski definition) is 0. The molecule has 122 valence electrons. The van der Waals surface area contributed by atoms with Gasteiger partial charge in [-0.3, -0.25) is 0 Å². The van der Waals surface area contributed by atoms with Gasteiger partial charge in [0.05, 0.1) is 11.7 Å². The number of aromatic nitrogens is 2. The Labute approximate surface area is 144 Å². The van der Waals surface area contributed by atoms with Crippen LogP contribution in [-0.4, -0.2) is 39.3 Å². The Morgan fingerprint density at radius 2 is 2.17 bits per heavy atom. The fraction of sp³-hybridized carbons (Fsp3) is 0.412. The Morgan fingerprint density at radius 1 is 1.39 bits per heavy atom. The number of halogens is 1. The van der Waals surface area contributed by atoms with Crippen LogP contribution in [0.15, 0.2) is 35.1 Å². The Kier molecular flexibility index (Phi) is 4.19. The molecule has 5 nitrogen and oxygen atoms in total. The first-order valence-corrected chi connectivity index (χ1v) is 8.43. The maximum absolute atomic E-state index is 12.1. The van der Waals surface area contributed by atoms with Crippen molar-refractivity contribution in [1.29, 1.82) is 0 Å². The van der Waals surface area contributed by atoms with Crippen molar-refractivity contribution < 1.29 is 9.53 Å². The zero-order valence-corrected chi connectivity index (χ0v) is 15.1. The second-order valence-corrected chi connectivity index (χ2v) is 7.55. The number of rotatable bonds is 1. The highest BCUT2D eigenvalue weighted by molar-refractivity contribution is 9.10. The molecule has 3 heterocycles. The van der Waals surface area contributed by atoms with Crippen molar-refractivity contribution in [2.24, 2.45) is 0 Å².